The predicted molar refractivity (Wildman–Crippen MR) is 60.2 cm³/mol. The molecule has 0 aromatic carbocycles. The van der Waals surface area contributed by atoms with Crippen LogP contribution in [0.2, 0.25) is 0 Å². The van der Waals surface area contributed by atoms with Gasteiger partial charge in [-0.15, -0.1) is 0 Å². The lowest BCUT2D eigenvalue weighted by Gasteiger charge is -2.25. The summed E-state index contributed by atoms with van der Waals surface area (Å²) in [5.41, 5.74) is 0.0979. The number of hydrogen-bond donors (Lipinski definition) is 1. The summed E-state index contributed by atoms with van der Waals surface area (Å²) in [4.78, 5) is 22.7. The lowest BCUT2D eigenvalue weighted by Crippen LogP contribution is -2.46. The van der Waals surface area contributed by atoms with Crippen LogP contribution in [0.3, 0.4) is 0 Å². The molecule has 1 aliphatic carbocycles. The van der Waals surface area contributed by atoms with E-state index in [9.17, 15) is 18.0 Å². The largest absolute Gasteiger partial charge is 0.468 e. The Morgan fingerprint density at radius 1 is 1.33 bits per heavy atom. The van der Waals surface area contributed by atoms with E-state index in [4.69, 9.17) is 4.55 Å². The molecule has 0 amide bonds. The smallest absolute Gasteiger partial charge is 0.337 e. The Balaban J connectivity index is 3.18. The summed E-state index contributed by atoms with van der Waals surface area (Å²) < 4.78 is 38.4. The summed E-state index contributed by atoms with van der Waals surface area (Å²) in [6, 6.07) is 0. The van der Waals surface area contributed by atoms with Crippen molar-refractivity contribution in [3.8, 4) is 0 Å². The topological polar surface area (TPSA) is 107 Å². The number of hydrogen-bond acceptors (Lipinski definition) is 6. The Kier molecular flexibility index (Phi) is 3.92. The van der Waals surface area contributed by atoms with Gasteiger partial charge in [0.1, 0.15) is 0 Å². The molecule has 1 N–H and O–H groups in total. The van der Waals surface area contributed by atoms with Crippen molar-refractivity contribution in [2.24, 2.45) is 0 Å². The standard InChI is InChI=1S/C10H12O7S/c1-16-8(11)7-3-5-10(6-4-7,9(12)17-2)18(13,14)15/h3-5H,6H2,1-2H3,(H,13,14,15). The molecule has 0 radical (unpaired) electrons. The average molecular weight is 276 g/mol. The van der Waals surface area contributed by atoms with Gasteiger partial charge in [-0.25, -0.2) is 9.59 Å². The van der Waals surface area contributed by atoms with Crippen molar-refractivity contribution < 1.29 is 32.0 Å². The third kappa shape index (κ3) is 2.29. The average Bonchev–Trinajstić information content (AvgIpc) is 2.35. The lowest BCUT2D eigenvalue weighted by atomic mass is 9.96. The fourth-order valence-electron chi connectivity index (χ4n) is 1.51. The van der Waals surface area contributed by atoms with Crippen LogP contribution in [0, 0.1) is 0 Å². The number of rotatable bonds is 3. The first-order chi connectivity index (χ1) is 8.28. The van der Waals surface area contributed by atoms with Gasteiger partial charge in [-0.1, -0.05) is 6.08 Å². The normalized spacial score (nSPS) is 23.2. The van der Waals surface area contributed by atoms with Gasteiger partial charge in [-0.05, 0) is 12.2 Å². The monoisotopic (exact) mass is 276 g/mol. The Bertz CT molecular complexity index is 528. The van der Waals surface area contributed by atoms with Crippen LogP contribution in [0.1, 0.15) is 6.42 Å². The van der Waals surface area contributed by atoms with Crippen molar-refractivity contribution in [3.63, 3.8) is 0 Å². The second-order valence-corrected chi connectivity index (χ2v) is 5.22. The Morgan fingerprint density at radius 2 is 1.94 bits per heavy atom. The van der Waals surface area contributed by atoms with Gasteiger partial charge in [0, 0.05) is 6.42 Å². The van der Waals surface area contributed by atoms with Gasteiger partial charge < -0.3 is 9.47 Å². The Hall–Kier alpha value is -1.67. The van der Waals surface area contributed by atoms with Crippen molar-refractivity contribution in [1.29, 1.82) is 0 Å². The molecular formula is C10H12O7S. The molecule has 1 rings (SSSR count). The number of carbonyl (C=O) groups is 2. The van der Waals surface area contributed by atoms with Gasteiger partial charge in [0.05, 0.1) is 19.8 Å². The van der Waals surface area contributed by atoms with Crippen LogP contribution < -0.4 is 0 Å². The number of esters is 2. The number of ether oxygens (including phenoxy) is 2. The van der Waals surface area contributed by atoms with E-state index in [-0.39, 0.29) is 5.57 Å². The van der Waals surface area contributed by atoms with E-state index in [0.717, 1.165) is 19.3 Å². The van der Waals surface area contributed by atoms with Crippen molar-refractivity contribution in [1.82, 2.24) is 0 Å². The summed E-state index contributed by atoms with van der Waals surface area (Å²) in [6.45, 7) is 0. The molecule has 1 unspecified atom stereocenters. The van der Waals surface area contributed by atoms with Crippen LogP contribution in [-0.4, -0.2) is 43.9 Å². The highest BCUT2D eigenvalue weighted by atomic mass is 32.2. The zero-order chi connectivity index (χ0) is 14.0. The van der Waals surface area contributed by atoms with Crippen molar-refractivity contribution in [2.75, 3.05) is 14.2 Å². The molecule has 0 spiro atoms. The van der Waals surface area contributed by atoms with Crippen molar-refractivity contribution in [2.45, 2.75) is 11.2 Å². The first-order valence-corrected chi connectivity index (χ1v) is 6.25. The van der Waals surface area contributed by atoms with E-state index >= 15 is 0 Å². The number of methoxy groups -OCH3 is 2. The van der Waals surface area contributed by atoms with E-state index < -0.39 is 33.2 Å². The van der Waals surface area contributed by atoms with Gasteiger partial charge in [-0.3, -0.25) is 4.55 Å². The number of carbonyl (C=O) groups excluding carboxylic acids is 2. The van der Waals surface area contributed by atoms with Gasteiger partial charge in [-0.2, -0.15) is 8.42 Å². The van der Waals surface area contributed by atoms with Crippen LogP contribution in [0.5, 0.6) is 0 Å². The molecule has 100 valence electrons. The summed E-state index contributed by atoms with van der Waals surface area (Å²) in [7, 11) is -2.54. The molecule has 0 aliphatic heterocycles. The van der Waals surface area contributed by atoms with Crippen LogP contribution >= 0.6 is 0 Å². The van der Waals surface area contributed by atoms with Gasteiger partial charge in [0.2, 0.25) is 4.75 Å². The van der Waals surface area contributed by atoms with Gasteiger partial charge >= 0.3 is 11.9 Å². The second kappa shape index (κ2) is 4.91. The minimum atomic E-state index is -4.71. The molecule has 0 saturated carbocycles. The fourth-order valence-corrected chi connectivity index (χ4v) is 2.34. The molecule has 0 bridgehead atoms. The molecule has 0 aromatic heterocycles. The van der Waals surface area contributed by atoms with Crippen molar-refractivity contribution >= 4 is 22.1 Å². The van der Waals surface area contributed by atoms with Gasteiger partial charge in [0.25, 0.3) is 10.1 Å². The fraction of sp³-hybridized carbons (Fsp3) is 0.400. The highest BCUT2D eigenvalue weighted by Crippen LogP contribution is 2.30. The summed E-state index contributed by atoms with van der Waals surface area (Å²) in [5, 5.41) is 0. The molecule has 8 heteroatoms. The zero-order valence-electron chi connectivity index (χ0n) is 9.74. The van der Waals surface area contributed by atoms with Crippen LogP contribution in [0.15, 0.2) is 23.8 Å². The maximum Gasteiger partial charge on any atom is 0.337 e. The van der Waals surface area contributed by atoms with Crippen LogP contribution in [0.25, 0.3) is 0 Å². The SMILES string of the molecule is COC(=O)C1=CCC(C(=O)OC)(S(=O)(=O)O)C=C1. The minimum Gasteiger partial charge on any atom is -0.468 e. The number of allylic oxidation sites excluding steroid dienone is 1. The third-order valence-corrected chi connectivity index (χ3v) is 3.96. The zero-order valence-corrected chi connectivity index (χ0v) is 10.6. The first kappa shape index (κ1) is 14.4. The van der Waals surface area contributed by atoms with E-state index in [1.54, 1.807) is 0 Å². The molecule has 0 saturated heterocycles. The molecule has 1 atom stereocenters. The minimum absolute atomic E-state index is 0.0979. The maximum absolute atomic E-state index is 11.5. The maximum atomic E-state index is 11.5. The quantitative estimate of drug-likeness (QED) is 0.564. The molecule has 18 heavy (non-hydrogen) atoms. The molecular weight excluding hydrogens is 264 g/mol. The Labute approximate surface area is 104 Å². The van der Waals surface area contributed by atoms with E-state index in [0.29, 0.717) is 0 Å². The van der Waals surface area contributed by atoms with Crippen LogP contribution in [0.4, 0.5) is 0 Å². The molecule has 0 aromatic rings. The highest BCUT2D eigenvalue weighted by Gasteiger charge is 2.50. The predicted octanol–water partition coefficient (Wildman–Crippen LogP) is -0.155. The molecule has 0 fully saturated rings. The Morgan fingerprint density at radius 3 is 2.28 bits per heavy atom. The van der Waals surface area contributed by atoms with Gasteiger partial charge in [0.15, 0.2) is 0 Å². The first-order valence-electron chi connectivity index (χ1n) is 4.81. The summed E-state index contributed by atoms with van der Waals surface area (Å²) in [6.07, 6.45) is 2.80. The molecule has 0 heterocycles. The van der Waals surface area contributed by atoms with Crippen molar-refractivity contribution in [3.05, 3.63) is 23.8 Å². The lowest BCUT2D eigenvalue weighted by molar-refractivity contribution is -0.142. The van der Waals surface area contributed by atoms with E-state index in [2.05, 4.69) is 9.47 Å². The third-order valence-electron chi connectivity index (χ3n) is 2.57. The highest BCUT2D eigenvalue weighted by molar-refractivity contribution is 7.88. The van der Waals surface area contributed by atoms with E-state index in [1.807, 2.05) is 0 Å². The van der Waals surface area contributed by atoms with Crippen LogP contribution in [-0.2, 0) is 29.2 Å². The molecule has 7 nitrogen and oxygen atoms in total. The summed E-state index contributed by atoms with van der Waals surface area (Å²) in [5.74, 6) is -1.79. The molecule has 1 aliphatic rings. The summed E-state index contributed by atoms with van der Waals surface area (Å²) >= 11 is 0. The van der Waals surface area contributed by atoms with E-state index in [1.165, 1.54) is 13.2 Å². The second-order valence-electron chi connectivity index (χ2n) is 3.54.